The minimum atomic E-state index is -0.290. The Bertz CT molecular complexity index is 1960. The number of H-pyrrole nitrogens is 1. The maximum absolute atomic E-state index is 14.0. The predicted molar refractivity (Wildman–Crippen MR) is 205 cm³/mol. The maximum atomic E-state index is 14.0. The molecule has 4 heterocycles. The Labute approximate surface area is 314 Å². The predicted octanol–water partition coefficient (Wildman–Crippen LogP) is 7.64. The molecule has 2 fully saturated rings. The zero-order valence-electron chi connectivity index (χ0n) is 29.8. The number of hydrogen-bond donors (Lipinski definition) is 1. The van der Waals surface area contributed by atoms with Crippen molar-refractivity contribution in [1.29, 1.82) is 0 Å². The first-order valence-corrected chi connectivity index (χ1v) is 18.4. The summed E-state index contributed by atoms with van der Waals surface area (Å²) >= 11 is 13.0. The van der Waals surface area contributed by atoms with Gasteiger partial charge in [0.2, 0.25) is 11.7 Å². The molecule has 1 N–H and O–H groups in total. The monoisotopic (exact) mass is 742 g/mol. The molecule has 52 heavy (non-hydrogen) atoms. The van der Waals surface area contributed by atoms with Crippen LogP contribution < -0.4 is 19.1 Å². The molecular formula is C40H44Cl2N6O4. The lowest BCUT2D eigenvalue weighted by Gasteiger charge is -2.40. The standard InChI is InChI=1S/C40H44Cl2N6O4/c1-50-35-21-28(22-36(51-2)37(35)52-3)38(49)47-20-15-40(26-47,29-10-11-31(41)32(42)23-29)14-19-46-17-12-30(13-18-46)48(25-27-7-6-16-43-24-27)39-44-33-8-4-5-9-34(33)45-39/h4-11,16,21-24,30H,12-15,17-20,25-26H2,1-3H3,(H,44,45). The lowest BCUT2D eigenvalue weighted by molar-refractivity contribution is 0.0779. The van der Waals surface area contributed by atoms with E-state index in [0.717, 1.165) is 80.0 Å². The number of hydrogen-bond acceptors (Lipinski definition) is 8. The Kier molecular flexibility index (Phi) is 10.8. The van der Waals surface area contributed by atoms with E-state index in [1.807, 2.05) is 53.7 Å². The molecule has 1 unspecified atom stereocenters. The summed E-state index contributed by atoms with van der Waals surface area (Å²) in [6.45, 7) is 4.71. The number of pyridine rings is 1. The molecule has 2 saturated heterocycles. The number of methoxy groups -OCH3 is 3. The minimum Gasteiger partial charge on any atom is -0.493 e. The molecule has 2 aliphatic rings. The molecule has 12 heteroatoms. The van der Waals surface area contributed by atoms with Crippen LogP contribution in [0, 0.1) is 0 Å². The molecule has 7 rings (SSSR count). The number of amides is 1. The van der Waals surface area contributed by atoms with Gasteiger partial charge in [-0.3, -0.25) is 9.78 Å². The lowest BCUT2D eigenvalue weighted by Crippen LogP contribution is -2.46. The fraction of sp³-hybridized carbons (Fsp3) is 0.375. The van der Waals surface area contributed by atoms with Crippen LogP contribution in [0.1, 0.15) is 47.2 Å². The van der Waals surface area contributed by atoms with E-state index >= 15 is 0 Å². The number of anilines is 1. The molecule has 1 amide bonds. The molecule has 0 saturated carbocycles. The van der Waals surface area contributed by atoms with Gasteiger partial charge in [-0.1, -0.05) is 47.5 Å². The van der Waals surface area contributed by atoms with E-state index in [0.29, 0.717) is 52.0 Å². The molecule has 2 aliphatic heterocycles. The zero-order valence-corrected chi connectivity index (χ0v) is 31.3. The highest BCUT2D eigenvalue weighted by atomic mass is 35.5. The van der Waals surface area contributed by atoms with Gasteiger partial charge in [-0.2, -0.15) is 0 Å². The Hall–Kier alpha value is -4.51. The summed E-state index contributed by atoms with van der Waals surface area (Å²) in [5.74, 6) is 2.16. The van der Waals surface area contributed by atoms with E-state index in [2.05, 4.69) is 38.0 Å². The van der Waals surface area contributed by atoms with Gasteiger partial charge in [0.05, 0.1) is 42.4 Å². The van der Waals surface area contributed by atoms with Crippen molar-refractivity contribution in [3.63, 3.8) is 0 Å². The molecule has 5 aromatic rings. The van der Waals surface area contributed by atoms with Crippen molar-refractivity contribution >= 4 is 46.1 Å². The van der Waals surface area contributed by atoms with Crippen LogP contribution in [-0.4, -0.2) is 90.8 Å². The number of piperidine rings is 1. The third-order valence-electron chi connectivity index (χ3n) is 10.7. The van der Waals surface area contributed by atoms with Crippen molar-refractivity contribution in [1.82, 2.24) is 24.8 Å². The Balaban J connectivity index is 1.07. The number of para-hydroxylation sites is 2. The molecular weight excluding hydrogens is 699 g/mol. The summed E-state index contributed by atoms with van der Waals surface area (Å²) < 4.78 is 16.6. The minimum absolute atomic E-state index is 0.0821. The summed E-state index contributed by atoms with van der Waals surface area (Å²) in [6.07, 6.45) is 7.43. The van der Waals surface area contributed by atoms with Crippen LogP contribution in [0.25, 0.3) is 11.0 Å². The van der Waals surface area contributed by atoms with E-state index in [9.17, 15) is 4.79 Å². The first kappa shape index (κ1) is 35.9. The number of nitrogens with zero attached hydrogens (tertiary/aromatic N) is 5. The smallest absolute Gasteiger partial charge is 0.254 e. The fourth-order valence-corrected chi connectivity index (χ4v) is 8.11. The second-order valence-corrected chi connectivity index (χ2v) is 14.5. The van der Waals surface area contributed by atoms with Crippen LogP contribution in [0.4, 0.5) is 5.95 Å². The highest BCUT2D eigenvalue weighted by Crippen LogP contribution is 2.43. The summed E-state index contributed by atoms with van der Waals surface area (Å²) in [5.41, 5.74) is 4.45. The van der Waals surface area contributed by atoms with Crippen molar-refractivity contribution in [2.75, 3.05) is 59.0 Å². The van der Waals surface area contributed by atoms with Crippen molar-refractivity contribution in [2.45, 2.75) is 43.7 Å². The summed E-state index contributed by atoms with van der Waals surface area (Å²) in [5, 5.41) is 1.04. The quantitative estimate of drug-likeness (QED) is 0.139. The molecule has 0 radical (unpaired) electrons. The normalized spacial score (nSPS) is 18.1. The van der Waals surface area contributed by atoms with Gasteiger partial charge >= 0.3 is 0 Å². The van der Waals surface area contributed by atoms with Crippen LogP contribution in [0.2, 0.25) is 10.0 Å². The Morgan fingerprint density at radius 1 is 0.942 bits per heavy atom. The zero-order chi connectivity index (χ0) is 36.2. The van der Waals surface area contributed by atoms with Gasteiger partial charge in [-0.25, -0.2) is 4.98 Å². The van der Waals surface area contributed by atoms with Gasteiger partial charge in [-0.15, -0.1) is 0 Å². The fourth-order valence-electron chi connectivity index (χ4n) is 7.81. The largest absolute Gasteiger partial charge is 0.493 e. The van der Waals surface area contributed by atoms with E-state index in [4.69, 9.17) is 42.4 Å². The summed E-state index contributed by atoms with van der Waals surface area (Å²) in [7, 11) is 4.66. The number of aromatic amines is 1. The molecule has 0 spiro atoms. The summed E-state index contributed by atoms with van der Waals surface area (Å²) in [4.78, 5) is 33.9. The van der Waals surface area contributed by atoms with E-state index in [1.165, 1.54) is 0 Å². The van der Waals surface area contributed by atoms with Gasteiger partial charge < -0.3 is 33.9 Å². The van der Waals surface area contributed by atoms with Crippen LogP contribution >= 0.6 is 23.2 Å². The van der Waals surface area contributed by atoms with Gasteiger partial charge in [0, 0.05) is 62.1 Å². The van der Waals surface area contributed by atoms with Crippen LogP contribution in [0.5, 0.6) is 17.2 Å². The second-order valence-electron chi connectivity index (χ2n) is 13.7. The van der Waals surface area contributed by atoms with Gasteiger partial charge in [0.15, 0.2) is 11.5 Å². The highest BCUT2D eigenvalue weighted by Gasteiger charge is 2.42. The van der Waals surface area contributed by atoms with Gasteiger partial charge in [0.25, 0.3) is 5.91 Å². The number of halogens is 2. The average Bonchev–Trinajstić information content (AvgIpc) is 3.83. The van der Waals surface area contributed by atoms with Crippen molar-refractivity contribution in [3.8, 4) is 17.2 Å². The van der Waals surface area contributed by atoms with Crippen molar-refractivity contribution in [2.24, 2.45) is 0 Å². The number of imidazole rings is 1. The van der Waals surface area contributed by atoms with Gasteiger partial charge in [0.1, 0.15) is 0 Å². The molecule has 1 atom stereocenters. The molecule has 2 aromatic heterocycles. The molecule has 10 nitrogen and oxygen atoms in total. The molecule has 3 aromatic carbocycles. The van der Waals surface area contributed by atoms with E-state index in [1.54, 1.807) is 33.5 Å². The number of benzene rings is 3. The maximum Gasteiger partial charge on any atom is 0.254 e. The molecule has 0 aliphatic carbocycles. The highest BCUT2D eigenvalue weighted by molar-refractivity contribution is 6.42. The molecule has 272 valence electrons. The number of rotatable bonds is 12. The third-order valence-corrected chi connectivity index (χ3v) is 11.5. The number of carbonyl (C=O) groups excluding carboxylic acids is 1. The SMILES string of the molecule is COc1cc(C(=O)N2CCC(CCN3CCC(N(Cc4cccnc4)c4nc5ccccc5[nH]4)CC3)(c3ccc(Cl)c(Cl)c3)C2)cc(OC)c1OC. The summed E-state index contributed by atoms with van der Waals surface area (Å²) in [6, 6.07) is 22.0. The number of fused-ring (bicyclic) bond motifs is 1. The first-order valence-electron chi connectivity index (χ1n) is 17.7. The van der Waals surface area contributed by atoms with Crippen LogP contribution in [0.3, 0.4) is 0 Å². The van der Waals surface area contributed by atoms with Crippen molar-refractivity contribution in [3.05, 3.63) is 106 Å². The van der Waals surface area contributed by atoms with Crippen molar-refractivity contribution < 1.29 is 19.0 Å². The van der Waals surface area contributed by atoms with E-state index in [-0.39, 0.29) is 11.3 Å². The topological polar surface area (TPSA) is 96.1 Å². The lowest BCUT2D eigenvalue weighted by atomic mass is 9.76. The van der Waals surface area contributed by atoms with Gasteiger partial charge in [-0.05, 0) is 85.8 Å². The number of aromatic nitrogens is 3. The molecule has 0 bridgehead atoms. The van der Waals surface area contributed by atoms with Crippen LogP contribution in [-0.2, 0) is 12.0 Å². The number of likely N-dealkylation sites (tertiary alicyclic amines) is 2. The number of ether oxygens (including phenoxy) is 3. The van der Waals surface area contributed by atoms with E-state index < -0.39 is 0 Å². The number of nitrogens with one attached hydrogen (secondary N) is 1. The van der Waals surface area contributed by atoms with Crippen LogP contribution in [0.15, 0.2) is 79.1 Å². The third kappa shape index (κ3) is 7.38. The Morgan fingerprint density at radius 3 is 2.38 bits per heavy atom. The Morgan fingerprint density at radius 2 is 1.71 bits per heavy atom. The second kappa shape index (κ2) is 15.6. The first-order chi connectivity index (χ1) is 25.3. The average molecular weight is 744 g/mol. The number of carbonyl (C=O) groups is 1.